The van der Waals surface area contributed by atoms with Crippen molar-refractivity contribution in [3.63, 3.8) is 0 Å². The Morgan fingerprint density at radius 3 is 2.54 bits per heavy atom. The first-order valence-corrected chi connectivity index (χ1v) is 12.2. The van der Waals surface area contributed by atoms with Gasteiger partial charge in [0.2, 0.25) is 0 Å². The molecule has 3 rings (SSSR count). The second kappa shape index (κ2) is 11.6. The Balaban J connectivity index is 1.93. The van der Waals surface area contributed by atoms with Crippen molar-refractivity contribution in [2.24, 2.45) is 5.92 Å². The van der Waals surface area contributed by atoms with Gasteiger partial charge in [0.25, 0.3) is 5.91 Å². The highest BCUT2D eigenvalue weighted by atomic mass is 35.5. The third-order valence-corrected chi connectivity index (χ3v) is 6.21. The molecule has 9 heteroatoms. The molecule has 0 saturated heterocycles. The number of rotatable bonds is 8. The molecule has 1 heterocycles. The zero-order valence-corrected chi connectivity index (χ0v) is 21.7. The molecule has 2 aromatic rings. The first kappa shape index (κ1) is 26.6. The van der Waals surface area contributed by atoms with Gasteiger partial charge in [-0.05, 0) is 55.2 Å². The monoisotopic (exact) mass is 517 g/mol. The van der Waals surface area contributed by atoms with E-state index in [2.05, 4.69) is 10.6 Å². The van der Waals surface area contributed by atoms with Gasteiger partial charge >= 0.3 is 12.0 Å². The summed E-state index contributed by atoms with van der Waals surface area (Å²) in [6, 6.07) is 10.6. The van der Waals surface area contributed by atoms with E-state index >= 15 is 0 Å². The van der Waals surface area contributed by atoms with Crippen LogP contribution in [0.5, 0.6) is 0 Å². The number of carbonyl (C=O) groups excluding carboxylic acids is 3. The van der Waals surface area contributed by atoms with Gasteiger partial charge < -0.3 is 15.4 Å². The van der Waals surface area contributed by atoms with Crippen LogP contribution in [0.3, 0.4) is 0 Å². The second-order valence-corrected chi connectivity index (χ2v) is 9.55. The molecule has 0 aliphatic carbocycles. The molecular weight excluding hydrogens is 489 g/mol. The van der Waals surface area contributed by atoms with Crippen LogP contribution in [-0.4, -0.2) is 36.0 Å². The number of halogens is 2. The van der Waals surface area contributed by atoms with Crippen LogP contribution in [0.15, 0.2) is 53.7 Å². The van der Waals surface area contributed by atoms with Crippen LogP contribution in [0.2, 0.25) is 10.0 Å². The maximum Gasteiger partial charge on any atom is 0.338 e. The van der Waals surface area contributed by atoms with Gasteiger partial charge in [0, 0.05) is 23.5 Å². The molecule has 3 amide bonds. The molecule has 0 fully saturated rings. The first-order chi connectivity index (χ1) is 16.6. The fourth-order valence-electron chi connectivity index (χ4n) is 3.75. The predicted molar refractivity (Wildman–Crippen MR) is 138 cm³/mol. The van der Waals surface area contributed by atoms with E-state index in [1.807, 2.05) is 20.8 Å². The van der Waals surface area contributed by atoms with Crippen molar-refractivity contribution < 1.29 is 19.1 Å². The number of carbonyl (C=O) groups is 3. The number of esters is 1. The van der Waals surface area contributed by atoms with Crippen LogP contribution in [0, 0.1) is 5.92 Å². The maximum absolute atomic E-state index is 13.1. The number of allylic oxidation sites excluding steroid dienone is 1. The minimum absolute atomic E-state index is 0.170. The topological polar surface area (TPSA) is 87.7 Å². The highest BCUT2D eigenvalue weighted by Crippen LogP contribution is 2.33. The van der Waals surface area contributed by atoms with Crippen molar-refractivity contribution in [1.82, 2.24) is 10.2 Å². The number of ether oxygens (including phenoxy) is 1. The van der Waals surface area contributed by atoms with Gasteiger partial charge in [0.1, 0.15) is 0 Å². The number of amides is 3. The molecule has 0 radical (unpaired) electrons. The Morgan fingerprint density at radius 2 is 1.89 bits per heavy atom. The third-order valence-electron chi connectivity index (χ3n) is 5.47. The van der Waals surface area contributed by atoms with Gasteiger partial charge in [0.15, 0.2) is 0 Å². The smallest absolute Gasteiger partial charge is 0.338 e. The molecule has 1 unspecified atom stereocenters. The number of hydrogen-bond donors (Lipinski definition) is 2. The van der Waals surface area contributed by atoms with E-state index < -0.39 is 12.0 Å². The van der Waals surface area contributed by atoms with E-state index in [1.165, 1.54) is 6.07 Å². The molecule has 1 aliphatic rings. The number of nitrogens with zero attached hydrogens (tertiary/aromatic N) is 1. The van der Waals surface area contributed by atoms with Crippen molar-refractivity contribution >= 4 is 46.8 Å². The number of anilines is 1. The third kappa shape index (κ3) is 6.35. The average molecular weight is 518 g/mol. The zero-order chi connectivity index (χ0) is 25.7. The lowest BCUT2D eigenvalue weighted by atomic mass is 9.94. The maximum atomic E-state index is 13.1. The second-order valence-electron chi connectivity index (χ2n) is 8.73. The highest BCUT2D eigenvalue weighted by Gasteiger charge is 2.36. The Hall–Kier alpha value is -3.03. The van der Waals surface area contributed by atoms with Gasteiger partial charge in [0.05, 0.1) is 28.3 Å². The van der Waals surface area contributed by atoms with Crippen LogP contribution in [-0.2, 0) is 9.53 Å². The minimum Gasteiger partial charge on any atom is -0.462 e. The van der Waals surface area contributed by atoms with Crippen LogP contribution in [0.25, 0.3) is 0 Å². The summed E-state index contributed by atoms with van der Waals surface area (Å²) >= 11 is 12.0. The fourth-order valence-corrected chi connectivity index (χ4v) is 4.04. The Kier molecular flexibility index (Phi) is 8.81. The van der Waals surface area contributed by atoms with Gasteiger partial charge in [-0.3, -0.25) is 9.69 Å². The van der Waals surface area contributed by atoms with E-state index in [1.54, 1.807) is 48.2 Å². The van der Waals surface area contributed by atoms with Gasteiger partial charge in [-0.15, -0.1) is 0 Å². The molecule has 1 aliphatic heterocycles. The van der Waals surface area contributed by atoms with Gasteiger partial charge in [-0.25, -0.2) is 9.59 Å². The molecule has 0 aromatic heterocycles. The predicted octanol–water partition coefficient (Wildman–Crippen LogP) is 6.20. The van der Waals surface area contributed by atoms with Crippen LogP contribution in [0.1, 0.15) is 56.1 Å². The Bertz CT molecular complexity index is 1160. The van der Waals surface area contributed by atoms with Crippen LogP contribution >= 0.6 is 23.2 Å². The van der Waals surface area contributed by atoms with E-state index in [-0.39, 0.29) is 29.5 Å². The number of nitrogens with one attached hydrogen (secondary N) is 2. The molecule has 7 nitrogen and oxygen atoms in total. The molecular formula is C26H29Cl2N3O4. The fraction of sp³-hybridized carbons (Fsp3) is 0.346. The lowest BCUT2D eigenvalue weighted by Crippen LogP contribution is -2.48. The molecule has 35 heavy (non-hydrogen) atoms. The summed E-state index contributed by atoms with van der Waals surface area (Å²) in [7, 11) is 0. The standard InChI is InChI=1S/C26H29Cl2N3O4/c1-5-11-31-16(4)22(25(33)35-14-15(2)3)23(30-26(31)34)17-7-6-8-19(12-17)29-24(32)18-9-10-20(27)21(28)13-18/h6-10,12-13,15,23H,5,11,14H2,1-4H3,(H,29,32)(H,30,34). The molecule has 2 aromatic carbocycles. The van der Waals surface area contributed by atoms with Gasteiger partial charge in [-0.1, -0.05) is 56.1 Å². The quantitative estimate of drug-likeness (QED) is 0.408. The van der Waals surface area contributed by atoms with E-state index in [0.29, 0.717) is 39.7 Å². The highest BCUT2D eigenvalue weighted by molar-refractivity contribution is 6.42. The summed E-state index contributed by atoms with van der Waals surface area (Å²) in [5, 5.41) is 6.38. The minimum atomic E-state index is -0.725. The molecule has 1 atom stereocenters. The summed E-state index contributed by atoms with van der Waals surface area (Å²) < 4.78 is 5.53. The Labute approximate surface area is 215 Å². The summed E-state index contributed by atoms with van der Waals surface area (Å²) in [5.41, 5.74) is 2.40. The summed E-state index contributed by atoms with van der Waals surface area (Å²) in [5.74, 6) is -0.679. The largest absolute Gasteiger partial charge is 0.462 e. The summed E-state index contributed by atoms with van der Waals surface area (Å²) in [4.78, 5) is 40.3. The zero-order valence-electron chi connectivity index (χ0n) is 20.2. The lowest BCUT2D eigenvalue weighted by molar-refractivity contribution is -0.140. The number of benzene rings is 2. The molecule has 0 saturated carbocycles. The summed E-state index contributed by atoms with van der Waals surface area (Å²) in [6.07, 6.45) is 0.736. The van der Waals surface area contributed by atoms with Crippen molar-refractivity contribution in [1.29, 1.82) is 0 Å². The normalized spacial score (nSPS) is 15.8. The number of urea groups is 1. The van der Waals surface area contributed by atoms with Crippen molar-refractivity contribution in [2.45, 2.75) is 40.2 Å². The molecule has 2 N–H and O–H groups in total. The van der Waals surface area contributed by atoms with Gasteiger partial charge in [-0.2, -0.15) is 0 Å². The van der Waals surface area contributed by atoms with Crippen molar-refractivity contribution in [3.8, 4) is 0 Å². The number of hydrogen-bond acceptors (Lipinski definition) is 4. The van der Waals surface area contributed by atoms with Crippen LogP contribution < -0.4 is 10.6 Å². The van der Waals surface area contributed by atoms with E-state index in [4.69, 9.17) is 27.9 Å². The van der Waals surface area contributed by atoms with E-state index in [9.17, 15) is 14.4 Å². The average Bonchev–Trinajstić information content (AvgIpc) is 2.81. The SMILES string of the molecule is CCCN1C(=O)NC(c2cccc(NC(=O)c3ccc(Cl)c(Cl)c3)c2)C(C(=O)OCC(C)C)=C1C. The van der Waals surface area contributed by atoms with Crippen molar-refractivity contribution in [2.75, 3.05) is 18.5 Å². The van der Waals surface area contributed by atoms with Crippen LogP contribution in [0.4, 0.5) is 10.5 Å². The molecule has 0 bridgehead atoms. The van der Waals surface area contributed by atoms with Crippen molar-refractivity contribution in [3.05, 3.63) is 74.9 Å². The molecule has 0 spiro atoms. The first-order valence-electron chi connectivity index (χ1n) is 11.4. The molecule has 186 valence electrons. The summed E-state index contributed by atoms with van der Waals surface area (Å²) in [6.45, 7) is 8.37. The van der Waals surface area contributed by atoms with E-state index in [0.717, 1.165) is 6.42 Å². The Morgan fingerprint density at radius 1 is 1.14 bits per heavy atom. The lowest BCUT2D eigenvalue weighted by Gasteiger charge is -2.35.